The molecule has 0 unspecified atom stereocenters. The maximum atomic E-state index is 12.0. The molecule has 1 aliphatic heterocycles. The third kappa shape index (κ3) is 6.72. The molecule has 6 nitrogen and oxygen atoms in total. The van der Waals surface area contributed by atoms with Crippen LogP contribution in [0.2, 0.25) is 0 Å². The Labute approximate surface area is 213 Å². The fraction of sp³-hybridized carbons (Fsp3) is 0.385. The molecule has 2 heterocycles. The zero-order valence-electron chi connectivity index (χ0n) is 19.3. The maximum Gasteiger partial charge on any atom is 0.222 e. The summed E-state index contributed by atoms with van der Waals surface area (Å²) in [5, 5.41) is 8.09. The quantitative estimate of drug-likeness (QED) is 0.175. The van der Waals surface area contributed by atoms with E-state index < -0.39 is 0 Å². The largest absolute Gasteiger partial charge is 0.357 e. The first kappa shape index (κ1) is 25.1. The zero-order chi connectivity index (χ0) is 22.2. The number of aliphatic imine (C=N–C) groups is 1. The van der Waals surface area contributed by atoms with Crippen LogP contribution in [0.5, 0.6) is 0 Å². The molecule has 0 radical (unpaired) electrons. The van der Waals surface area contributed by atoms with Crippen LogP contribution in [0.25, 0.3) is 10.9 Å². The number of aryl methyl sites for hydroxylation is 1. The standard InChI is InChI=1S/C26H33N5O.HI/c1-2-27-26(28-15-8-17-30-18-14-21-9-5-6-12-24(21)30)29-19-22-10-3-4-11-23(22)20-31-16-7-13-25(31)32;/h3-6,9-12,14,18H,2,7-8,13,15-17,19-20H2,1H3,(H2,27,28,29);1H. The Bertz CT molecular complexity index is 1080. The van der Waals surface area contributed by atoms with Gasteiger partial charge in [0, 0.05) is 50.9 Å². The number of benzene rings is 2. The molecule has 2 aromatic carbocycles. The molecule has 33 heavy (non-hydrogen) atoms. The van der Waals surface area contributed by atoms with Crippen LogP contribution in [0.1, 0.15) is 37.3 Å². The Morgan fingerprint density at radius 1 is 1.03 bits per heavy atom. The summed E-state index contributed by atoms with van der Waals surface area (Å²) < 4.78 is 2.30. The van der Waals surface area contributed by atoms with E-state index in [-0.39, 0.29) is 29.9 Å². The van der Waals surface area contributed by atoms with Gasteiger partial charge in [0.2, 0.25) is 5.91 Å². The maximum absolute atomic E-state index is 12.0. The van der Waals surface area contributed by atoms with Crippen molar-refractivity contribution in [2.75, 3.05) is 19.6 Å². The zero-order valence-corrected chi connectivity index (χ0v) is 21.6. The van der Waals surface area contributed by atoms with E-state index in [1.807, 2.05) is 17.0 Å². The van der Waals surface area contributed by atoms with Gasteiger partial charge in [-0.15, -0.1) is 24.0 Å². The summed E-state index contributed by atoms with van der Waals surface area (Å²) in [6.07, 6.45) is 4.81. The van der Waals surface area contributed by atoms with Gasteiger partial charge in [-0.2, -0.15) is 0 Å². The van der Waals surface area contributed by atoms with Crippen molar-refractivity contribution in [3.05, 3.63) is 71.9 Å². The molecular formula is C26H34IN5O. The number of para-hydroxylation sites is 1. The normalized spacial score (nSPS) is 13.9. The molecule has 0 spiro atoms. The van der Waals surface area contributed by atoms with Crippen molar-refractivity contribution in [2.24, 2.45) is 4.99 Å². The molecule has 7 heteroatoms. The first-order valence-electron chi connectivity index (χ1n) is 11.6. The minimum absolute atomic E-state index is 0. The molecule has 0 aliphatic carbocycles. The Morgan fingerprint density at radius 3 is 2.61 bits per heavy atom. The van der Waals surface area contributed by atoms with E-state index in [1.165, 1.54) is 22.0 Å². The second-order valence-corrected chi connectivity index (χ2v) is 8.23. The lowest BCUT2D eigenvalue weighted by molar-refractivity contribution is -0.128. The van der Waals surface area contributed by atoms with Gasteiger partial charge in [-0.1, -0.05) is 42.5 Å². The predicted molar refractivity (Wildman–Crippen MR) is 146 cm³/mol. The molecule has 176 valence electrons. The first-order chi connectivity index (χ1) is 15.7. The van der Waals surface area contributed by atoms with E-state index in [1.54, 1.807) is 0 Å². The lowest BCUT2D eigenvalue weighted by Gasteiger charge is -2.18. The van der Waals surface area contributed by atoms with Gasteiger partial charge in [0.15, 0.2) is 5.96 Å². The number of hydrogen-bond acceptors (Lipinski definition) is 2. The average Bonchev–Trinajstić information content (AvgIpc) is 3.42. The van der Waals surface area contributed by atoms with Crippen molar-refractivity contribution >= 4 is 46.7 Å². The van der Waals surface area contributed by atoms with Gasteiger partial charge in [0.05, 0.1) is 6.54 Å². The van der Waals surface area contributed by atoms with Crippen molar-refractivity contribution < 1.29 is 4.79 Å². The number of guanidine groups is 1. The van der Waals surface area contributed by atoms with E-state index in [9.17, 15) is 4.79 Å². The van der Waals surface area contributed by atoms with Crippen LogP contribution in [0.3, 0.4) is 0 Å². The highest BCUT2D eigenvalue weighted by molar-refractivity contribution is 14.0. The van der Waals surface area contributed by atoms with E-state index in [0.717, 1.165) is 45.0 Å². The predicted octanol–water partition coefficient (Wildman–Crippen LogP) is 4.53. The number of carbonyl (C=O) groups is 1. The van der Waals surface area contributed by atoms with Gasteiger partial charge < -0.3 is 20.1 Å². The van der Waals surface area contributed by atoms with Gasteiger partial charge in [-0.05, 0) is 48.4 Å². The van der Waals surface area contributed by atoms with E-state index in [2.05, 4.69) is 70.8 Å². The lowest BCUT2D eigenvalue weighted by atomic mass is 10.1. The molecule has 3 aromatic rings. The molecule has 1 fully saturated rings. The summed E-state index contributed by atoms with van der Waals surface area (Å²) in [7, 11) is 0. The van der Waals surface area contributed by atoms with Crippen LogP contribution in [-0.4, -0.2) is 41.0 Å². The fourth-order valence-corrected chi connectivity index (χ4v) is 4.24. The van der Waals surface area contributed by atoms with Crippen LogP contribution in [-0.2, 0) is 24.4 Å². The fourth-order valence-electron chi connectivity index (χ4n) is 4.24. The Hall–Kier alpha value is -2.55. The number of amides is 1. The number of fused-ring (bicyclic) bond motifs is 1. The van der Waals surface area contributed by atoms with Crippen LogP contribution < -0.4 is 10.6 Å². The van der Waals surface area contributed by atoms with Gasteiger partial charge in [0.25, 0.3) is 0 Å². The number of nitrogens with one attached hydrogen (secondary N) is 2. The molecule has 0 bridgehead atoms. The lowest BCUT2D eigenvalue weighted by Crippen LogP contribution is -2.38. The second kappa shape index (κ2) is 12.6. The van der Waals surface area contributed by atoms with Crippen molar-refractivity contribution in [3.8, 4) is 0 Å². The molecule has 1 saturated heterocycles. The molecule has 0 saturated carbocycles. The number of aromatic nitrogens is 1. The minimum atomic E-state index is 0. The molecule has 0 atom stereocenters. The van der Waals surface area contributed by atoms with Crippen molar-refractivity contribution in [1.29, 1.82) is 0 Å². The Morgan fingerprint density at radius 2 is 1.82 bits per heavy atom. The molecule has 1 aromatic heterocycles. The monoisotopic (exact) mass is 559 g/mol. The number of likely N-dealkylation sites (tertiary alicyclic amines) is 1. The highest BCUT2D eigenvalue weighted by Crippen LogP contribution is 2.18. The molecule has 4 rings (SSSR count). The minimum Gasteiger partial charge on any atom is -0.357 e. The topological polar surface area (TPSA) is 61.7 Å². The van der Waals surface area contributed by atoms with Crippen LogP contribution in [0.15, 0.2) is 65.8 Å². The summed E-state index contributed by atoms with van der Waals surface area (Å²) >= 11 is 0. The van der Waals surface area contributed by atoms with E-state index in [0.29, 0.717) is 19.5 Å². The third-order valence-electron chi connectivity index (χ3n) is 5.95. The van der Waals surface area contributed by atoms with Gasteiger partial charge in [0.1, 0.15) is 0 Å². The number of rotatable bonds is 9. The van der Waals surface area contributed by atoms with Gasteiger partial charge >= 0.3 is 0 Å². The average molecular weight is 559 g/mol. The van der Waals surface area contributed by atoms with Gasteiger partial charge in [-0.3, -0.25) is 4.79 Å². The van der Waals surface area contributed by atoms with Crippen LogP contribution >= 0.6 is 24.0 Å². The van der Waals surface area contributed by atoms with Crippen LogP contribution in [0, 0.1) is 0 Å². The third-order valence-corrected chi connectivity index (χ3v) is 5.95. The summed E-state index contributed by atoms with van der Waals surface area (Å²) in [6.45, 7) is 6.84. The molecular weight excluding hydrogens is 525 g/mol. The summed E-state index contributed by atoms with van der Waals surface area (Å²) in [5.74, 6) is 1.09. The highest BCUT2D eigenvalue weighted by Gasteiger charge is 2.20. The second-order valence-electron chi connectivity index (χ2n) is 8.23. The molecule has 1 aliphatic rings. The smallest absolute Gasteiger partial charge is 0.222 e. The SMILES string of the molecule is CCNC(=NCc1ccccc1CN1CCCC1=O)NCCCn1ccc2ccccc21.I. The van der Waals surface area contributed by atoms with Crippen molar-refractivity contribution in [2.45, 2.75) is 45.8 Å². The number of carbonyl (C=O) groups excluding carboxylic acids is 1. The van der Waals surface area contributed by atoms with E-state index >= 15 is 0 Å². The summed E-state index contributed by atoms with van der Waals surface area (Å²) in [4.78, 5) is 18.8. The highest BCUT2D eigenvalue weighted by atomic mass is 127. The number of hydrogen-bond donors (Lipinski definition) is 2. The Balaban J connectivity index is 0.00000306. The van der Waals surface area contributed by atoms with E-state index in [4.69, 9.17) is 4.99 Å². The van der Waals surface area contributed by atoms with Crippen LogP contribution in [0.4, 0.5) is 0 Å². The summed E-state index contributed by atoms with van der Waals surface area (Å²) in [5.41, 5.74) is 3.63. The Kier molecular flexibility index (Phi) is 9.60. The van der Waals surface area contributed by atoms with Gasteiger partial charge in [-0.25, -0.2) is 4.99 Å². The van der Waals surface area contributed by atoms with Crippen molar-refractivity contribution in [1.82, 2.24) is 20.1 Å². The molecule has 1 amide bonds. The first-order valence-corrected chi connectivity index (χ1v) is 11.6. The van der Waals surface area contributed by atoms with Crippen molar-refractivity contribution in [3.63, 3.8) is 0 Å². The summed E-state index contributed by atoms with van der Waals surface area (Å²) in [6, 6.07) is 19.0. The number of halogens is 1. The molecule has 2 N–H and O–H groups in total. The number of nitrogens with zero attached hydrogens (tertiary/aromatic N) is 3.